The molecule has 25 heavy (non-hydrogen) atoms. The molecule has 136 valence electrons. The van der Waals surface area contributed by atoms with Gasteiger partial charge in [-0.1, -0.05) is 12.1 Å². The first kappa shape index (κ1) is 17.7. The fraction of sp³-hybridized carbons (Fsp3) is 0.556. The van der Waals surface area contributed by atoms with E-state index in [1.165, 1.54) is 4.90 Å². The van der Waals surface area contributed by atoms with E-state index in [0.717, 1.165) is 26.3 Å². The SMILES string of the molecule is C[C@H](CNC(=O)CN1C(=O)CCOc2ccccc21)N1CCOCC1. The number of carbonyl (C=O) groups is 2. The van der Waals surface area contributed by atoms with Crippen LogP contribution in [-0.4, -0.2) is 68.8 Å². The molecule has 0 aliphatic carbocycles. The van der Waals surface area contributed by atoms with Crippen LogP contribution in [0.1, 0.15) is 13.3 Å². The Kier molecular flexibility index (Phi) is 5.88. The number of carbonyl (C=O) groups excluding carboxylic acids is 2. The maximum atomic E-state index is 12.4. The van der Waals surface area contributed by atoms with Crippen molar-refractivity contribution in [2.75, 3.05) is 50.9 Å². The number of ether oxygens (including phenoxy) is 2. The molecule has 1 saturated heterocycles. The third kappa shape index (κ3) is 4.49. The van der Waals surface area contributed by atoms with Crippen LogP contribution in [0.4, 0.5) is 5.69 Å². The lowest BCUT2D eigenvalue weighted by atomic mass is 10.2. The molecular formula is C18H25N3O4. The molecule has 0 radical (unpaired) electrons. The predicted molar refractivity (Wildman–Crippen MR) is 93.8 cm³/mol. The first-order chi connectivity index (χ1) is 12.1. The highest BCUT2D eigenvalue weighted by molar-refractivity contribution is 6.00. The summed E-state index contributed by atoms with van der Waals surface area (Å²) in [6.45, 7) is 6.22. The number of hydrogen-bond donors (Lipinski definition) is 1. The molecule has 0 saturated carbocycles. The number of rotatable bonds is 5. The van der Waals surface area contributed by atoms with Crippen LogP contribution in [0.25, 0.3) is 0 Å². The number of hydrogen-bond acceptors (Lipinski definition) is 5. The Morgan fingerprint density at radius 2 is 2.00 bits per heavy atom. The molecule has 1 atom stereocenters. The monoisotopic (exact) mass is 347 g/mol. The summed E-state index contributed by atoms with van der Waals surface area (Å²) in [5, 5.41) is 2.94. The zero-order chi connectivity index (χ0) is 17.6. The largest absolute Gasteiger partial charge is 0.491 e. The molecule has 2 amide bonds. The summed E-state index contributed by atoms with van der Waals surface area (Å²) in [7, 11) is 0. The molecule has 0 aromatic heterocycles. The molecule has 1 aromatic rings. The molecule has 7 nitrogen and oxygen atoms in total. The minimum absolute atomic E-state index is 0.00897. The molecule has 3 rings (SSSR count). The van der Waals surface area contributed by atoms with Crippen LogP contribution in [-0.2, 0) is 14.3 Å². The van der Waals surface area contributed by atoms with Gasteiger partial charge in [-0.15, -0.1) is 0 Å². The molecule has 1 aromatic carbocycles. The van der Waals surface area contributed by atoms with Crippen molar-refractivity contribution in [3.8, 4) is 5.75 Å². The molecule has 2 aliphatic rings. The molecule has 0 unspecified atom stereocenters. The lowest BCUT2D eigenvalue weighted by molar-refractivity contribution is -0.124. The van der Waals surface area contributed by atoms with Gasteiger partial charge in [-0.05, 0) is 19.1 Å². The summed E-state index contributed by atoms with van der Waals surface area (Å²) in [4.78, 5) is 28.5. The first-order valence-electron chi connectivity index (χ1n) is 8.76. The van der Waals surface area contributed by atoms with E-state index in [-0.39, 0.29) is 30.8 Å². The average Bonchev–Trinajstić information content (AvgIpc) is 2.80. The Balaban J connectivity index is 1.57. The van der Waals surface area contributed by atoms with Crippen LogP contribution in [0.15, 0.2) is 24.3 Å². The first-order valence-corrected chi connectivity index (χ1v) is 8.76. The van der Waals surface area contributed by atoms with Crippen molar-refractivity contribution < 1.29 is 19.1 Å². The van der Waals surface area contributed by atoms with Crippen molar-refractivity contribution >= 4 is 17.5 Å². The Bertz CT molecular complexity index is 616. The summed E-state index contributed by atoms with van der Waals surface area (Å²) in [5.74, 6) is 0.384. The van der Waals surface area contributed by atoms with Gasteiger partial charge < -0.3 is 14.8 Å². The third-order valence-corrected chi connectivity index (χ3v) is 4.60. The summed E-state index contributed by atoms with van der Waals surface area (Å²) >= 11 is 0. The molecule has 1 fully saturated rings. The van der Waals surface area contributed by atoms with E-state index in [0.29, 0.717) is 24.6 Å². The summed E-state index contributed by atoms with van der Waals surface area (Å²) in [6, 6.07) is 7.56. The molecule has 7 heteroatoms. The molecule has 0 bridgehead atoms. The predicted octanol–water partition coefficient (Wildman–Crippen LogP) is 0.639. The zero-order valence-corrected chi connectivity index (χ0v) is 14.6. The van der Waals surface area contributed by atoms with E-state index in [9.17, 15) is 9.59 Å². The van der Waals surface area contributed by atoms with E-state index in [1.54, 1.807) is 0 Å². The van der Waals surface area contributed by atoms with E-state index in [1.807, 2.05) is 24.3 Å². The second-order valence-corrected chi connectivity index (χ2v) is 6.35. The Labute approximate surface area is 147 Å². The fourth-order valence-corrected chi connectivity index (χ4v) is 3.10. The molecular weight excluding hydrogens is 322 g/mol. The standard InChI is InChI=1S/C18H25N3O4/c1-14(20-7-10-24-11-8-20)12-19-17(22)13-21-15-4-2-3-5-16(15)25-9-6-18(21)23/h2-5,14H,6-13H2,1H3,(H,19,22)/t14-/m1/s1. The minimum atomic E-state index is -0.162. The number of nitrogens with zero attached hydrogens (tertiary/aromatic N) is 2. The summed E-state index contributed by atoms with van der Waals surface area (Å²) < 4.78 is 10.9. The maximum absolute atomic E-state index is 12.4. The number of morpholine rings is 1. The Hall–Kier alpha value is -2.12. The van der Waals surface area contributed by atoms with E-state index in [4.69, 9.17) is 9.47 Å². The molecule has 2 heterocycles. The summed E-state index contributed by atoms with van der Waals surface area (Å²) in [6.07, 6.45) is 0.270. The van der Waals surface area contributed by atoms with E-state index < -0.39 is 0 Å². The normalized spacial score (nSPS) is 19.6. The van der Waals surface area contributed by atoms with Crippen molar-refractivity contribution in [1.82, 2.24) is 10.2 Å². The lowest BCUT2D eigenvalue weighted by Crippen LogP contribution is -2.49. The van der Waals surface area contributed by atoms with Crippen molar-refractivity contribution in [2.45, 2.75) is 19.4 Å². The van der Waals surface area contributed by atoms with Crippen LogP contribution in [0.3, 0.4) is 0 Å². The number of benzene rings is 1. The molecule has 1 N–H and O–H groups in total. The van der Waals surface area contributed by atoms with Gasteiger partial charge in [0.25, 0.3) is 0 Å². The van der Waals surface area contributed by atoms with Gasteiger partial charge in [0, 0.05) is 25.7 Å². The smallest absolute Gasteiger partial charge is 0.240 e. The Morgan fingerprint density at radius 1 is 1.24 bits per heavy atom. The van der Waals surface area contributed by atoms with Gasteiger partial charge in [0.05, 0.1) is 31.9 Å². The van der Waals surface area contributed by atoms with Crippen LogP contribution in [0.2, 0.25) is 0 Å². The van der Waals surface area contributed by atoms with Gasteiger partial charge in [0.15, 0.2) is 0 Å². The third-order valence-electron chi connectivity index (χ3n) is 4.60. The number of amides is 2. The molecule has 2 aliphatic heterocycles. The van der Waals surface area contributed by atoms with Gasteiger partial charge >= 0.3 is 0 Å². The second-order valence-electron chi connectivity index (χ2n) is 6.35. The highest BCUT2D eigenvalue weighted by Gasteiger charge is 2.25. The number of para-hydroxylation sites is 2. The van der Waals surface area contributed by atoms with Gasteiger partial charge in [-0.25, -0.2) is 0 Å². The minimum Gasteiger partial charge on any atom is -0.491 e. The summed E-state index contributed by atoms with van der Waals surface area (Å²) in [5.41, 5.74) is 0.654. The second kappa shape index (κ2) is 8.31. The van der Waals surface area contributed by atoms with Crippen LogP contribution >= 0.6 is 0 Å². The van der Waals surface area contributed by atoms with Gasteiger partial charge in [-0.3, -0.25) is 19.4 Å². The highest BCUT2D eigenvalue weighted by atomic mass is 16.5. The van der Waals surface area contributed by atoms with Crippen LogP contribution in [0, 0.1) is 0 Å². The quantitative estimate of drug-likeness (QED) is 0.846. The maximum Gasteiger partial charge on any atom is 0.240 e. The average molecular weight is 347 g/mol. The molecule has 0 spiro atoms. The highest BCUT2D eigenvalue weighted by Crippen LogP contribution is 2.30. The Morgan fingerprint density at radius 3 is 2.80 bits per heavy atom. The number of fused-ring (bicyclic) bond motifs is 1. The van der Waals surface area contributed by atoms with Gasteiger partial charge in [-0.2, -0.15) is 0 Å². The lowest BCUT2D eigenvalue weighted by Gasteiger charge is -2.32. The van der Waals surface area contributed by atoms with Crippen LogP contribution < -0.4 is 15.0 Å². The van der Waals surface area contributed by atoms with Gasteiger partial charge in [0.2, 0.25) is 11.8 Å². The van der Waals surface area contributed by atoms with Crippen LogP contribution in [0.5, 0.6) is 5.75 Å². The zero-order valence-electron chi connectivity index (χ0n) is 14.6. The number of nitrogens with one attached hydrogen (secondary N) is 1. The van der Waals surface area contributed by atoms with Crippen molar-refractivity contribution in [1.29, 1.82) is 0 Å². The van der Waals surface area contributed by atoms with Crippen molar-refractivity contribution in [3.63, 3.8) is 0 Å². The van der Waals surface area contributed by atoms with E-state index in [2.05, 4.69) is 17.1 Å². The van der Waals surface area contributed by atoms with Crippen molar-refractivity contribution in [2.24, 2.45) is 0 Å². The number of anilines is 1. The van der Waals surface area contributed by atoms with Crippen molar-refractivity contribution in [3.05, 3.63) is 24.3 Å². The topological polar surface area (TPSA) is 71.1 Å². The van der Waals surface area contributed by atoms with Gasteiger partial charge in [0.1, 0.15) is 12.3 Å². The van der Waals surface area contributed by atoms with E-state index >= 15 is 0 Å². The fourth-order valence-electron chi connectivity index (χ4n) is 3.10.